The van der Waals surface area contributed by atoms with Crippen LogP contribution in [0.3, 0.4) is 0 Å². The standard InChI is InChI=1S/C17H16P2/c18-16-12-7-13-17(16)19(14-8-3-1-4-9-14)15-10-5-2-6-11-15/h1-13,16H,18H2. The van der Waals surface area contributed by atoms with E-state index >= 15 is 0 Å². The Hall–Kier alpha value is -1.22. The molecule has 0 aliphatic heterocycles. The normalized spacial score (nSPS) is 17.8. The van der Waals surface area contributed by atoms with E-state index in [0.717, 1.165) is 0 Å². The number of hydrogen-bond acceptors (Lipinski definition) is 0. The molecule has 2 atom stereocenters. The first-order valence-corrected chi connectivity index (χ1v) is 8.41. The molecule has 0 heterocycles. The largest absolute Gasteiger partial charge is 0.126 e. The summed E-state index contributed by atoms with van der Waals surface area (Å²) >= 11 is 0. The van der Waals surface area contributed by atoms with Crippen LogP contribution >= 0.6 is 17.2 Å². The monoisotopic (exact) mass is 282 g/mol. The van der Waals surface area contributed by atoms with E-state index in [1.807, 2.05) is 0 Å². The van der Waals surface area contributed by atoms with Gasteiger partial charge in [-0.3, -0.25) is 0 Å². The van der Waals surface area contributed by atoms with Crippen molar-refractivity contribution in [2.24, 2.45) is 0 Å². The van der Waals surface area contributed by atoms with Crippen LogP contribution in [-0.2, 0) is 0 Å². The summed E-state index contributed by atoms with van der Waals surface area (Å²) in [6.07, 6.45) is 6.71. The molecule has 0 fully saturated rings. The Morgan fingerprint density at radius 3 is 1.74 bits per heavy atom. The van der Waals surface area contributed by atoms with E-state index in [9.17, 15) is 0 Å². The molecule has 2 aromatic carbocycles. The Labute approximate surface area is 118 Å². The molecule has 19 heavy (non-hydrogen) atoms. The van der Waals surface area contributed by atoms with Crippen LogP contribution in [0, 0.1) is 0 Å². The minimum Gasteiger partial charge on any atom is -0.126 e. The lowest BCUT2D eigenvalue weighted by molar-refractivity contribution is 1.43. The average Bonchev–Trinajstić information content (AvgIpc) is 2.88. The highest BCUT2D eigenvalue weighted by Gasteiger charge is 2.23. The highest BCUT2D eigenvalue weighted by Crippen LogP contribution is 2.48. The van der Waals surface area contributed by atoms with Crippen molar-refractivity contribution in [2.75, 3.05) is 0 Å². The van der Waals surface area contributed by atoms with Gasteiger partial charge in [0.05, 0.1) is 0 Å². The number of rotatable bonds is 3. The van der Waals surface area contributed by atoms with Gasteiger partial charge in [0.15, 0.2) is 0 Å². The quantitative estimate of drug-likeness (QED) is 0.751. The molecule has 2 aromatic rings. The van der Waals surface area contributed by atoms with Crippen molar-refractivity contribution < 1.29 is 0 Å². The third-order valence-electron chi connectivity index (χ3n) is 3.21. The van der Waals surface area contributed by atoms with Crippen molar-refractivity contribution in [1.82, 2.24) is 0 Å². The van der Waals surface area contributed by atoms with Crippen molar-refractivity contribution in [3.8, 4) is 0 Å². The van der Waals surface area contributed by atoms with Gasteiger partial charge in [0.2, 0.25) is 0 Å². The predicted octanol–water partition coefficient (Wildman–Crippen LogP) is 3.82. The molecule has 0 N–H and O–H groups in total. The van der Waals surface area contributed by atoms with Crippen molar-refractivity contribution in [3.63, 3.8) is 0 Å². The van der Waals surface area contributed by atoms with Crippen LogP contribution in [0.1, 0.15) is 0 Å². The highest BCUT2D eigenvalue weighted by molar-refractivity contribution is 7.77. The number of allylic oxidation sites excluding steroid dienone is 4. The Kier molecular flexibility index (Phi) is 3.92. The zero-order chi connectivity index (χ0) is 13.1. The zero-order valence-electron chi connectivity index (χ0n) is 10.6. The molecule has 0 amide bonds. The third kappa shape index (κ3) is 2.71. The van der Waals surface area contributed by atoms with Gasteiger partial charge >= 0.3 is 0 Å². The van der Waals surface area contributed by atoms with Crippen molar-refractivity contribution >= 4 is 27.8 Å². The first kappa shape index (κ1) is 12.8. The molecule has 1 aliphatic carbocycles. The molecule has 1 aliphatic rings. The van der Waals surface area contributed by atoms with Gasteiger partial charge in [-0.25, -0.2) is 0 Å². The van der Waals surface area contributed by atoms with E-state index < -0.39 is 7.92 Å². The summed E-state index contributed by atoms with van der Waals surface area (Å²) in [6, 6.07) is 21.7. The average molecular weight is 282 g/mol. The molecular weight excluding hydrogens is 266 g/mol. The van der Waals surface area contributed by atoms with Gasteiger partial charge in [0.1, 0.15) is 0 Å². The lowest BCUT2D eigenvalue weighted by atomic mass is 10.4. The summed E-state index contributed by atoms with van der Waals surface area (Å²) in [4.78, 5) is 0. The highest BCUT2D eigenvalue weighted by atomic mass is 31.1. The maximum atomic E-state index is 2.94. The Bertz CT molecular complexity index is 560. The van der Waals surface area contributed by atoms with Crippen molar-refractivity contribution in [2.45, 2.75) is 5.66 Å². The van der Waals surface area contributed by atoms with Gasteiger partial charge < -0.3 is 0 Å². The fourth-order valence-corrected chi connectivity index (χ4v) is 5.45. The minimum atomic E-state index is -0.414. The maximum absolute atomic E-state index is 2.94. The lowest BCUT2D eigenvalue weighted by Gasteiger charge is -2.23. The summed E-state index contributed by atoms with van der Waals surface area (Å²) in [5.74, 6) is 0. The van der Waals surface area contributed by atoms with Gasteiger partial charge in [-0.15, -0.1) is 9.24 Å². The minimum absolute atomic E-state index is 0.414. The van der Waals surface area contributed by atoms with Crippen LogP contribution < -0.4 is 10.6 Å². The summed E-state index contributed by atoms with van der Waals surface area (Å²) in [6.45, 7) is 0. The first-order valence-electron chi connectivity index (χ1n) is 6.40. The van der Waals surface area contributed by atoms with E-state index in [4.69, 9.17) is 0 Å². The van der Waals surface area contributed by atoms with Crippen LogP contribution in [0.25, 0.3) is 0 Å². The van der Waals surface area contributed by atoms with Gasteiger partial charge in [-0.05, 0) is 23.8 Å². The van der Waals surface area contributed by atoms with Gasteiger partial charge in [-0.2, -0.15) is 0 Å². The first-order chi connectivity index (χ1) is 9.36. The molecule has 0 saturated carbocycles. The second-order valence-electron chi connectivity index (χ2n) is 4.51. The van der Waals surface area contributed by atoms with E-state index in [0.29, 0.717) is 5.66 Å². The Balaban J connectivity index is 2.07. The molecular formula is C17H16P2. The molecule has 3 rings (SSSR count). The second-order valence-corrected chi connectivity index (χ2v) is 7.45. The maximum Gasteiger partial charge on any atom is 0.0177 e. The molecule has 2 heteroatoms. The fourth-order valence-electron chi connectivity index (χ4n) is 2.31. The topological polar surface area (TPSA) is 0 Å². The van der Waals surface area contributed by atoms with Gasteiger partial charge in [-0.1, -0.05) is 78.9 Å². The number of benzene rings is 2. The smallest absolute Gasteiger partial charge is 0.0177 e. The zero-order valence-corrected chi connectivity index (χ0v) is 12.7. The molecule has 0 spiro atoms. The molecule has 2 unspecified atom stereocenters. The van der Waals surface area contributed by atoms with Crippen LogP contribution in [0.5, 0.6) is 0 Å². The molecule has 0 bridgehead atoms. The van der Waals surface area contributed by atoms with Crippen molar-refractivity contribution in [3.05, 3.63) is 84.2 Å². The van der Waals surface area contributed by atoms with E-state index in [1.54, 1.807) is 0 Å². The van der Waals surface area contributed by atoms with Gasteiger partial charge in [0.25, 0.3) is 0 Å². The summed E-state index contributed by atoms with van der Waals surface area (Å²) < 4.78 is 0. The van der Waals surface area contributed by atoms with E-state index in [-0.39, 0.29) is 0 Å². The SMILES string of the molecule is PC1C=CC=C1P(c1ccccc1)c1ccccc1. The van der Waals surface area contributed by atoms with Crippen molar-refractivity contribution in [1.29, 1.82) is 0 Å². The summed E-state index contributed by atoms with van der Waals surface area (Å²) in [7, 11) is 2.53. The molecule has 0 radical (unpaired) electrons. The third-order valence-corrected chi connectivity index (χ3v) is 6.67. The summed E-state index contributed by atoms with van der Waals surface area (Å²) in [5.41, 5.74) is 0.464. The van der Waals surface area contributed by atoms with Crippen LogP contribution in [0.2, 0.25) is 0 Å². The molecule has 0 nitrogen and oxygen atoms in total. The van der Waals surface area contributed by atoms with Crippen LogP contribution in [0.4, 0.5) is 0 Å². The van der Waals surface area contributed by atoms with Crippen LogP contribution in [0.15, 0.2) is 84.2 Å². The molecule has 0 aromatic heterocycles. The Morgan fingerprint density at radius 2 is 1.32 bits per heavy atom. The fraction of sp³-hybridized carbons (Fsp3) is 0.0588. The molecule has 94 valence electrons. The van der Waals surface area contributed by atoms with E-state index in [2.05, 4.69) is 88.1 Å². The number of hydrogen-bond donors (Lipinski definition) is 0. The summed E-state index contributed by atoms with van der Waals surface area (Å²) in [5, 5.41) is 4.36. The lowest BCUT2D eigenvalue weighted by Crippen LogP contribution is -2.15. The van der Waals surface area contributed by atoms with E-state index in [1.165, 1.54) is 15.9 Å². The predicted molar refractivity (Wildman–Crippen MR) is 89.8 cm³/mol. The Morgan fingerprint density at radius 1 is 0.789 bits per heavy atom. The molecule has 0 saturated heterocycles. The van der Waals surface area contributed by atoms with Gasteiger partial charge in [0, 0.05) is 5.66 Å². The van der Waals surface area contributed by atoms with Crippen LogP contribution in [-0.4, -0.2) is 5.66 Å². The second kappa shape index (κ2) is 5.83.